The Morgan fingerprint density at radius 3 is 2.58 bits per heavy atom. The molecule has 1 aliphatic carbocycles. The van der Waals surface area contributed by atoms with Crippen LogP contribution in [0.5, 0.6) is 0 Å². The van der Waals surface area contributed by atoms with Crippen LogP contribution in [-0.4, -0.2) is 18.1 Å². The molecule has 1 aromatic rings. The van der Waals surface area contributed by atoms with Crippen molar-refractivity contribution in [2.24, 2.45) is 0 Å². The van der Waals surface area contributed by atoms with Gasteiger partial charge in [-0.1, -0.05) is 25.0 Å². The maximum absolute atomic E-state index is 14.0. The zero-order valence-electron chi connectivity index (χ0n) is 11.5. The summed E-state index contributed by atoms with van der Waals surface area (Å²) in [4.78, 5) is 0. The quantitative estimate of drug-likeness (QED) is 0.869. The van der Waals surface area contributed by atoms with Crippen molar-refractivity contribution in [1.82, 2.24) is 5.32 Å². The average molecular weight is 285 g/mol. The molecule has 1 saturated carbocycles. The minimum atomic E-state index is -0.719. The highest BCUT2D eigenvalue weighted by Crippen LogP contribution is 2.32. The lowest BCUT2D eigenvalue weighted by Crippen LogP contribution is -2.21. The fourth-order valence-electron chi connectivity index (χ4n) is 2.55. The average Bonchev–Trinajstić information content (AvgIpc) is 2.92. The van der Waals surface area contributed by atoms with Crippen LogP contribution in [-0.2, 0) is 0 Å². The lowest BCUT2D eigenvalue weighted by atomic mass is 10.1. The van der Waals surface area contributed by atoms with Crippen LogP contribution >= 0.6 is 11.8 Å². The molecule has 1 N–H and O–H groups in total. The highest BCUT2D eigenvalue weighted by Gasteiger charge is 2.21. The Hall–Kier alpha value is -0.610. The van der Waals surface area contributed by atoms with Crippen LogP contribution in [0.25, 0.3) is 0 Å². The summed E-state index contributed by atoms with van der Waals surface area (Å²) in [5, 5.41) is 3.79. The van der Waals surface area contributed by atoms with Gasteiger partial charge in [0.25, 0.3) is 0 Å². The molecule has 0 amide bonds. The number of rotatable bonds is 5. The molecular weight excluding hydrogens is 264 g/mol. The van der Waals surface area contributed by atoms with Gasteiger partial charge in [-0.05, 0) is 32.4 Å². The van der Waals surface area contributed by atoms with Gasteiger partial charge < -0.3 is 5.32 Å². The normalized spacial score (nSPS) is 17.9. The molecule has 0 radical (unpaired) electrons. The van der Waals surface area contributed by atoms with E-state index in [0.717, 1.165) is 5.75 Å². The van der Waals surface area contributed by atoms with Crippen molar-refractivity contribution in [3.05, 3.63) is 34.9 Å². The minimum Gasteiger partial charge on any atom is -0.312 e. The van der Waals surface area contributed by atoms with Gasteiger partial charge in [0, 0.05) is 22.6 Å². The number of hydrogen-bond acceptors (Lipinski definition) is 2. The number of halogens is 2. The van der Waals surface area contributed by atoms with Gasteiger partial charge in [0.05, 0.1) is 0 Å². The van der Waals surface area contributed by atoms with Gasteiger partial charge in [-0.3, -0.25) is 0 Å². The zero-order chi connectivity index (χ0) is 13.8. The highest BCUT2D eigenvalue weighted by atomic mass is 32.2. The molecule has 1 atom stereocenters. The smallest absolute Gasteiger partial charge is 0.163 e. The Labute approximate surface area is 118 Å². The fourth-order valence-corrected chi connectivity index (χ4v) is 4.02. The van der Waals surface area contributed by atoms with Crippen molar-refractivity contribution in [2.75, 3.05) is 12.8 Å². The summed E-state index contributed by atoms with van der Waals surface area (Å²) in [6.45, 7) is 1.59. The molecule has 0 aromatic heterocycles. The topological polar surface area (TPSA) is 12.0 Å². The molecule has 0 heterocycles. The molecule has 0 aliphatic heterocycles. The molecule has 106 valence electrons. The molecule has 1 aliphatic rings. The number of benzene rings is 1. The first-order chi connectivity index (χ1) is 9.13. The van der Waals surface area contributed by atoms with E-state index in [0.29, 0.717) is 16.4 Å². The SMILES string of the molecule is CNC(CSC1CCCC1)c1ccc(C)c(F)c1F. The largest absolute Gasteiger partial charge is 0.312 e. The second kappa shape index (κ2) is 6.71. The van der Waals surface area contributed by atoms with Gasteiger partial charge in [-0.15, -0.1) is 0 Å². The van der Waals surface area contributed by atoms with Crippen LogP contribution < -0.4 is 5.32 Å². The van der Waals surface area contributed by atoms with Gasteiger partial charge in [0.1, 0.15) is 0 Å². The number of thioether (sulfide) groups is 1. The van der Waals surface area contributed by atoms with Crippen molar-refractivity contribution in [3.63, 3.8) is 0 Å². The fraction of sp³-hybridized carbons (Fsp3) is 0.600. The van der Waals surface area contributed by atoms with Crippen molar-refractivity contribution in [2.45, 2.75) is 43.9 Å². The lowest BCUT2D eigenvalue weighted by molar-refractivity contribution is 0.479. The van der Waals surface area contributed by atoms with Crippen LogP contribution in [0.15, 0.2) is 12.1 Å². The summed E-state index contributed by atoms with van der Waals surface area (Å²) < 4.78 is 27.6. The molecule has 0 bridgehead atoms. The number of hydrogen-bond donors (Lipinski definition) is 1. The second-order valence-corrected chi connectivity index (χ2v) is 6.51. The van der Waals surface area contributed by atoms with Crippen molar-refractivity contribution in [3.8, 4) is 0 Å². The van der Waals surface area contributed by atoms with Gasteiger partial charge >= 0.3 is 0 Å². The predicted octanol–water partition coefficient (Wildman–Crippen LogP) is 4.21. The summed E-state index contributed by atoms with van der Waals surface area (Å²) in [7, 11) is 1.80. The molecule has 4 heteroatoms. The molecule has 1 nitrogen and oxygen atoms in total. The summed E-state index contributed by atoms with van der Waals surface area (Å²) in [5.74, 6) is -0.629. The zero-order valence-corrected chi connectivity index (χ0v) is 12.3. The Kier molecular flexibility index (Phi) is 5.22. The van der Waals surface area contributed by atoms with Crippen molar-refractivity contribution >= 4 is 11.8 Å². The maximum Gasteiger partial charge on any atom is 0.163 e. The summed E-state index contributed by atoms with van der Waals surface area (Å²) in [6, 6.07) is 3.23. The molecule has 1 fully saturated rings. The van der Waals surface area contributed by atoms with E-state index in [1.54, 1.807) is 26.1 Å². The Bertz CT molecular complexity index is 430. The summed E-state index contributed by atoms with van der Waals surface area (Å²) in [6.07, 6.45) is 5.11. The third kappa shape index (κ3) is 3.48. The second-order valence-electron chi connectivity index (χ2n) is 5.18. The van der Waals surface area contributed by atoms with Crippen LogP contribution in [0.3, 0.4) is 0 Å². The van der Waals surface area contributed by atoms with Crippen LogP contribution in [0, 0.1) is 18.6 Å². The Morgan fingerprint density at radius 2 is 1.95 bits per heavy atom. The van der Waals surface area contributed by atoms with Crippen molar-refractivity contribution in [1.29, 1.82) is 0 Å². The third-order valence-corrected chi connectivity index (χ3v) is 5.30. The first-order valence-electron chi connectivity index (χ1n) is 6.87. The van der Waals surface area contributed by atoms with E-state index in [4.69, 9.17) is 0 Å². The van der Waals surface area contributed by atoms with E-state index in [1.165, 1.54) is 25.7 Å². The van der Waals surface area contributed by atoms with E-state index in [1.807, 2.05) is 11.8 Å². The third-order valence-electron chi connectivity index (χ3n) is 3.83. The molecule has 1 unspecified atom stereocenters. The predicted molar refractivity (Wildman–Crippen MR) is 77.6 cm³/mol. The lowest BCUT2D eigenvalue weighted by Gasteiger charge is -2.19. The molecular formula is C15H21F2NS. The van der Waals surface area contributed by atoms with Gasteiger partial charge in [0.2, 0.25) is 0 Å². The monoisotopic (exact) mass is 285 g/mol. The first-order valence-corrected chi connectivity index (χ1v) is 7.91. The van der Waals surface area contributed by atoms with Crippen LogP contribution in [0.2, 0.25) is 0 Å². The Morgan fingerprint density at radius 1 is 1.26 bits per heavy atom. The molecule has 19 heavy (non-hydrogen) atoms. The highest BCUT2D eigenvalue weighted by molar-refractivity contribution is 7.99. The minimum absolute atomic E-state index is 0.124. The number of nitrogens with one attached hydrogen (secondary N) is 1. The van der Waals surface area contributed by atoms with Crippen LogP contribution in [0.4, 0.5) is 8.78 Å². The van der Waals surface area contributed by atoms with E-state index in [-0.39, 0.29) is 6.04 Å². The molecule has 2 rings (SSSR count). The van der Waals surface area contributed by atoms with E-state index in [2.05, 4.69) is 5.32 Å². The maximum atomic E-state index is 14.0. The van der Waals surface area contributed by atoms with E-state index < -0.39 is 11.6 Å². The summed E-state index contributed by atoms with van der Waals surface area (Å²) >= 11 is 1.88. The van der Waals surface area contributed by atoms with Gasteiger partial charge in [-0.2, -0.15) is 11.8 Å². The number of aryl methyl sites for hydroxylation is 1. The standard InChI is InChI=1S/C15H21F2NS/c1-10-7-8-12(15(17)14(10)16)13(18-2)9-19-11-5-3-4-6-11/h7-8,11,13,18H,3-6,9H2,1-2H3. The molecule has 0 spiro atoms. The first kappa shape index (κ1) is 14.8. The van der Waals surface area contributed by atoms with E-state index in [9.17, 15) is 8.78 Å². The van der Waals surface area contributed by atoms with E-state index >= 15 is 0 Å². The summed E-state index contributed by atoms with van der Waals surface area (Å²) in [5.41, 5.74) is 0.802. The molecule has 1 aromatic carbocycles. The van der Waals surface area contributed by atoms with Crippen LogP contribution in [0.1, 0.15) is 42.9 Å². The van der Waals surface area contributed by atoms with Crippen molar-refractivity contribution < 1.29 is 8.78 Å². The van der Waals surface area contributed by atoms with Gasteiger partial charge in [0.15, 0.2) is 11.6 Å². The Balaban J connectivity index is 2.06. The van der Waals surface area contributed by atoms with Gasteiger partial charge in [-0.25, -0.2) is 8.78 Å². The molecule has 0 saturated heterocycles.